The maximum atomic E-state index is 2.46. The van der Waals surface area contributed by atoms with Gasteiger partial charge >= 0.3 is 0 Å². The van der Waals surface area contributed by atoms with E-state index in [4.69, 9.17) is 0 Å². The van der Waals surface area contributed by atoms with Crippen LogP contribution in [0.3, 0.4) is 0 Å². The van der Waals surface area contributed by atoms with Crippen molar-refractivity contribution in [1.82, 2.24) is 0 Å². The van der Waals surface area contributed by atoms with Gasteiger partial charge in [0.25, 0.3) is 0 Å². The summed E-state index contributed by atoms with van der Waals surface area (Å²) in [5.41, 5.74) is 0. The van der Waals surface area contributed by atoms with E-state index in [1.165, 1.54) is 83.5 Å². The van der Waals surface area contributed by atoms with Crippen molar-refractivity contribution >= 4 is 0 Å². The van der Waals surface area contributed by atoms with Crippen LogP contribution < -0.4 is 0 Å². The molecule has 0 aromatic heterocycles. The first-order valence-corrected chi connectivity index (χ1v) is 8.33. The molecular weight excluding hydrogens is 204 g/mol. The SMILES string of the molecule is CCCCCCCCCCCC(C)CC1CC1. The molecule has 0 aromatic rings. The second-order valence-electron chi connectivity index (χ2n) is 6.40. The third kappa shape index (κ3) is 9.68. The number of unbranched alkanes of at least 4 members (excludes halogenated alkanes) is 8. The van der Waals surface area contributed by atoms with E-state index in [2.05, 4.69) is 13.8 Å². The largest absolute Gasteiger partial charge is 0.0654 e. The van der Waals surface area contributed by atoms with Crippen molar-refractivity contribution in [3.63, 3.8) is 0 Å². The minimum Gasteiger partial charge on any atom is -0.0654 e. The molecule has 1 fully saturated rings. The van der Waals surface area contributed by atoms with Gasteiger partial charge in [0, 0.05) is 0 Å². The molecule has 0 saturated heterocycles. The lowest BCUT2D eigenvalue weighted by Crippen LogP contribution is -1.95. The fraction of sp³-hybridized carbons (Fsp3) is 1.00. The Kier molecular flexibility index (Phi) is 8.83. The van der Waals surface area contributed by atoms with Gasteiger partial charge in [-0.1, -0.05) is 90.9 Å². The van der Waals surface area contributed by atoms with Crippen LogP contribution in [-0.4, -0.2) is 0 Å². The summed E-state index contributed by atoms with van der Waals surface area (Å²) in [4.78, 5) is 0. The van der Waals surface area contributed by atoms with Crippen LogP contribution in [0.2, 0.25) is 0 Å². The Labute approximate surface area is 110 Å². The van der Waals surface area contributed by atoms with E-state index in [1.807, 2.05) is 0 Å². The van der Waals surface area contributed by atoms with Crippen LogP contribution in [-0.2, 0) is 0 Å². The van der Waals surface area contributed by atoms with Crippen molar-refractivity contribution < 1.29 is 0 Å². The van der Waals surface area contributed by atoms with Crippen LogP contribution in [0.4, 0.5) is 0 Å². The van der Waals surface area contributed by atoms with Gasteiger partial charge in [-0.2, -0.15) is 0 Å². The molecule has 1 saturated carbocycles. The van der Waals surface area contributed by atoms with Gasteiger partial charge in [0.15, 0.2) is 0 Å². The Hall–Kier alpha value is 0. The zero-order valence-electron chi connectivity index (χ0n) is 12.3. The first-order valence-electron chi connectivity index (χ1n) is 8.33. The van der Waals surface area contributed by atoms with Crippen molar-refractivity contribution in [3.8, 4) is 0 Å². The molecule has 1 aliphatic carbocycles. The summed E-state index contributed by atoms with van der Waals surface area (Å²) in [5, 5.41) is 0. The molecule has 0 bridgehead atoms. The summed E-state index contributed by atoms with van der Waals surface area (Å²) < 4.78 is 0. The maximum Gasteiger partial charge on any atom is -0.0412 e. The highest BCUT2D eigenvalue weighted by Gasteiger charge is 2.22. The van der Waals surface area contributed by atoms with Crippen LogP contribution in [0.25, 0.3) is 0 Å². The smallest absolute Gasteiger partial charge is 0.0412 e. The summed E-state index contributed by atoms with van der Waals surface area (Å²) in [7, 11) is 0. The van der Waals surface area contributed by atoms with Crippen LogP contribution in [0.15, 0.2) is 0 Å². The Morgan fingerprint density at radius 3 is 1.88 bits per heavy atom. The van der Waals surface area contributed by atoms with Gasteiger partial charge in [-0.25, -0.2) is 0 Å². The topological polar surface area (TPSA) is 0 Å². The Balaban J connectivity index is 1.71. The van der Waals surface area contributed by atoms with E-state index in [-0.39, 0.29) is 0 Å². The van der Waals surface area contributed by atoms with Gasteiger partial charge < -0.3 is 0 Å². The van der Waals surface area contributed by atoms with Gasteiger partial charge in [0.2, 0.25) is 0 Å². The molecule has 0 aromatic carbocycles. The summed E-state index contributed by atoms with van der Waals surface area (Å²) in [5.74, 6) is 2.13. The molecule has 0 aliphatic heterocycles. The van der Waals surface area contributed by atoms with Crippen molar-refractivity contribution in [1.29, 1.82) is 0 Å². The molecule has 0 spiro atoms. The van der Waals surface area contributed by atoms with Crippen molar-refractivity contribution in [3.05, 3.63) is 0 Å². The quantitative estimate of drug-likeness (QED) is 0.348. The fourth-order valence-electron chi connectivity index (χ4n) is 2.84. The van der Waals surface area contributed by atoms with Crippen LogP contribution in [0.1, 0.15) is 97.3 Å². The second-order valence-corrected chi connectivity index (χ2v) is 6.40. The molecule has 0 heterocycles. The fourth-order valence-corrected chi connectivity index (χ4v) is 2.84. The average Bonchev–Trinajstić information content (AvgIpc) is 3.11. The van der Waals surface area contributed by atoms with Crippen LogP contribution in [0, 0.1) is 11.8 Å². The van der Waals surface area contributed by atoms with Gasteiger partial charge in [-0.05, 0) is 18.3 Å². The van der Waals surface area contributed by atoms with Crippen LogP contribution in [0.5, 0.6) is 0 Å². The summed E-state index contributed by atoms with van der Waals surface area (Å²) in [6.45, 7) is 4.76. The second kappa shape index (κ2) is 9.97. The van der Waals surface area contributed by atoms with E-state index in [9.17, 15) is 0 Å². The highest BCUT2D eigenvalue weighted by molar-refractivity contribution is 4.75. The lowest BCUT2D eigenvalue weighted by Gasteiger charge is -2.09. The molecule has 1 rings (SSSR count). The normalized spacial score (nSPS) is 17.3. The third-order valence-corrected chi connectivity index (χ3v) is 4.23. The molecule has 0 amide bonds. The highest BCUT2D eigenvalue weighted by atomic mass is 14.3. The van der Waals surface area contributed by atoms with Crippen molar-refractivity contribution in [2.24, 2.45) is 11.8 Å². The Morgan fingerprint density at radius 2 is 1.35 bits per heavy atom. The molecule has 1 unspecified atom stereocenters. The highest BCUT2D eigenvalue weighted by Crippen LogP contribution is 2.36. The first-order chi connectivity index (χ1) is 8.33. The van der Waals surface area contributed by atoms with Gasteiger partial charge in [0.1, 0.15) is 0 Å². The zero-order chi connectivity index (χ0) is 12.3. The molecule has 0 N–H and O–H groups in total. The number of hydrogen-bond acceptors (Lipinski definition) is 0. The molecular formula is C17H34. The summed E-state index contributed by atoms with van der Waals surface area (Å²) in [6.07, 6.45) is 19.3. The third-order valence-electron chi connectivity index (χ3n) is 4.23. The minimum atomic E-state index is 1.01. The van der Waals surface area contributed by atoms with E-state index in [1.54, 1.807) is 0 Å². The number of hydrogen-bond donors (Lipinski definition) is 0. The molecule has 17 heavy (non-hydrogen) atoms. The standard InChI is InChI=1S/C17H34/c1-3-4-5-6-7-8-9-10-11-12-16(2)15-17-13-14-17/h16-17H,3-15H2,1-2H3. The predicted molar refractivity (Wildman–Crippen MR) is 78.3 cm³/mol. The van der Waals surface area contributed by atoms with Crippen molar-refractivity contribution in [2.45, 2.75) is 97.3 Å². The van der Waals surface area contributed by atoms with Gasteiger partial charge in [-0.15, -0.1) is 0 Å². The zero-order valence-corrected chi connectivity index (χ0v) is 12.3. The summed E-state index contributed by atoms with van der Waals surface area (Å²) >= 11 is 0. The molecule has 0 nitrogen and oxygen atoms in total. The monoisotopic (exact) mass is 238 g/mol. The molecule has 1 aliphatic rings. The molecule has 0 radical (unpaired) electrons. The Bertz CT molecular complexity index is 157. The van der Waals surface area contributed by atoms with E-state index in [0.29, 0.717) is 0 Å². The van der Waals surface area contributed by atoms with E-state index < -0.39 is 0 Å². The van der Waals surface area contributed by atoms with Crippen LogP contribution >= 0.6 is 0 Å². The number of rotatable bonds is 12. The lowest BCUT2D eigenvalue weighted by atomic mass is 9.97. The lowest BCUT2D eigenvalue weighted by molar-refractivity contribution is 0.433. The predicted octanol–water partition coefficient (Wildman–Crippen LogP) is 6.34. The molecule has 102 valence electrons. The van der Waals surface area contributed by atoms with Crippen molar-refractivity contribution in [2.75, 3.05) is 0 Å². The maximum absolute atomic E-state index is 2.46. The molecule has 1 atom stereocenters. The Morgan fingerprint density at radius 1 is 0.824 bits per heavy atom. The molecule has 0 heteroatoms. The minimum absolute atomic E-state index is 1.01. The van der Waals surface area contributed by atoms with Gasteiger partial charge in [-0.3, -0.25) is 0 Å². The van der Waals surface area contributed by atoms with Gasteiger partial charge in [0.05, 0.1) is 0 Å². The average molecular weight is 238 g/mol. The van der Waals surface area contributed by atoms with E-state index in [0.717, 1.165) is 11.8 Å². The first kappa shape index (κ1) is 15.1. The van der Waals surface area contributed by atoms with E-state index >= 15 is 0 Å². The summed E-state index contributed by atoms with van der Waals surface area (Å²) in [6, 6.07) is 0.